The van der Waals surface area contributed by atoms with Gasteiger partial charge in [-0.15, -0.1) is 0 Å². The number of rotatable bonds is 3. The van der Waals surface area contributed by atoms with Gasteiger partial charge in [0.15, 0.2) is 18.9 Å². The SMILES string of the molecule is c1ccc(C2OC[C@@H]3OC(c4ccccc4)O[C@H]4[C@@H]3OC(c3ccccc3)O[C@@H]4CO2)cc1. The van der Waals surface area contributed by atoms with Crippen LogP contribution in [0.3, 0.4) is 0 Å². The summed E-state index contributed by atoms with van der Waals surface area (Å²) in [6, 6.07) is 29.8. The Kier molecular flexibility index (Phi) is 5.94. The van der Waals surface area contributed by atoms with Gasteiger partial charge < -0.3 is 28.4 Å². The van der Waals surface area contributed by atoms with Gasteiger partial charge in [0, 0.05) is 16.7 Å². The molecular weight excluding hydrogens is 420 g/mol. The van der Waals surface area contributed by atoms with Crippen molar-refractivity contribution in [3.8, 4) is 0 Å². The van der Waals surface area contributed by atoms with Crippen LogP contribution in [0.5, 0.6) is 0 Å². The van der Waals surface area contributed by atoms with Crippen LogP contribution in [-0.4, -0.2) is 37.6 Å². The van der Waals surface area contributed by atoms with Gasteiger partial charge >= 0.3 is 0 Å². The van der Waals surface area contributed by atoms with Crippen molar-refractivity contribution in [1.29, 1.82) is 0 Å². The molecule has 0 aromatic heterocycles. The van der Waals surface area contributed by atoms with Gasteiger partial charge in [0.05, 0.1) is 13.2 Å². The minimum Gasteiger partial charge on any atom is -0.346 e. The van der Waals surface area contributed by atoms with E-state index in [0.717, 1.165) is 16.7 Å². The minimum absolute atomic E-state index is 0.307. The summed E-state index contributed by atoms with van der Waals surface area (Å²) in [5.74, 6) is 0. The van der Waals surface area contributed by atoms with Crippen LogP contribution in [0.15, 0.2) is 91.0 Å². The van der Waals surface area contributed by atoms with E-state index in [2.05, 4.69) is 0 Å². The molecule has 0 spiro atoms. The zero-order valence-corrected chi connectivity index (χ0v) is 18.1. The molecule has 0 saturated carbocycles. The first kappa shape index (κ1) is 21.0. The van der Waals surface area contributed by atoms with Gasteiger partial charge in [0.1, 0.15) is 24.4 Å². The summed E-state index contributed by atoms with van der Waals surface area (Å²) in [4.78, 5) is 0. The van der Waals surface area contributed by atoms with Crippen LogP contribution >= 0.6 is 0 Å². The molecule has 33 heavy (non-hydrogen) atoms. The molecule has 3 fully saturated rings. The third-order valence-electron chi connectivity index (χ3n) is 6.25. The Morgan fingerprint density at radius 2 is 0.788 bits per heavy atom. The lowest BCUT2D eigenvalue weighted by atomic mass is 9.99. The summed E-state index contributed by atoms with van der Waals surface area (Å²) in [6.45, 7) is 0.614. The van der Waals surface area contributed by atoms with Crippen LogP contribution in [0, 0.1) is 0 Å². The Morgan fingerprint density at radius 1 is 0.424 bits per heavy atom. The molecule has 3 aromatic rings. The molecule has 3 aromatic carbocycles. The summed E-state index contributed by atoms with van der Waals surface area (Å²) in [7, 11) is 0. The molecule has 6 rings (SSSR count). The summed E-state index contributed by atoms with van der Waals surface area (Å²) < 4.78 is 38.1. The Balaban J connectivity index is 1.32. The van der Waals surface area contributed by atoms with Crippen LogP contribution in [0.4, 0.5) is 0 Å². The quantitative estimate of drug-likeness (QED) is 0.582. The van der Waals surface area contributed by atoms with Crippen LogP contribution in [-0.2, 0) is 28.4 Å². The van der Waals surface area contributed by atoms with Gasteiger partial charge in [-0.25, -0.2) is 0 Å². The van der Waals surface area contributed by atoms with Gasteiger partial charge in [-0.2, -0.15) is 0 Å². The van der Waals surface area contributed by atoms with Crippen molar-refractivity contribution in [2.75, 3.05) is 13.2 Å². The van der Waals surface area contributed by atoms with Crippen LogP contribution in [0.2, 0.25) is 0 Å². The Morgan fingerprint density at radius 3 is 1.18 bits per heavy atom. The van der Waals surface area contributed by atoms with Gasteiger partial charge in [-0.1, -0.05) is 91.0 Å². The predicted octanol–water partition coefficient (Wildman–Crippen LogP) is 4.70. The lowest BCUT2D eigenvalue weighted by Crippen LogP contribution is -2.59. The molecule has 0 radical (unpaired) electrons. The van der Waals surface area contributed by atoms with Crippen molar-refractivity contribution in [2.45, 2.75) is 43.3 Å². The smallest absolute Gasteiger partial charge is 0.184 e. The van der Waals surface area contributed by atoms with Gasteiger partial charge in [0.2, 0.25) is 0 Å². The monoisotopic (exact) mass is 446 g/mol. The fraction of sp³-hybridized carbons (Fsp3) is 0.333. The number of benzene rings is 3. The highest BCUT2D eigenvalue weighted by Crippen LogP contribution is 2.42. The highest BCUT2D eigenvalue weighted by atomic mass is 16.8. The number of hydrogen-bond donors (Lipinski definition) is 0. The van der Waals surface area contributed by atoms with E-state index in [0.29, 0.717) is 13.2 Å². The van der Waals surface area contributed by atoms with Gasteiger partial charge in [0.25, 0.3) is 0 Å². The molecular formula is C27H26O6. The first-order valence-electron chi connectivity index (χ1n) is 11.3. The molecule has 0 amide bonds. The van der Waals surface area contributed by atoms with Crippen LogP contribution < -0.4 is 0 Å². The van der Waals surface area contributed by atoms with Gasteiger partial charge in [-0.3, -0.25) is 0 Å². The van der Waals surface area contributed by atoms with Crippen LogP contribution in [0.1, 0.15) is 35.6 Å². The molecule has 7 atom stereocenters. The third-order valence-corrected chi connectivity index (χ3v) is 6.25. The summed E-state index contributed by atoms with van der Waals surface area (Å²) in [6.07, 6.45) is -2.99. The standard InChI is InChI=1S/C27H26O6/c1-4-10-18(11-5-1)25-28-16-21-24-23(32-26(30-21)19-12-6-2-7-13-19)22(17-29-25)31-27(33-24)20-14-8-3-9-15-20/h1-15,21-27H,16-17H2/t21-,22+,23-,24-,25?,26?,27?/m1/s1. The first-order valence-corrected chi connectivity index (χ1v) is 11.3. The van der Waals surface area contributed by atoms with Crippen molar-refractivity contribution in [1.82, 2.24) is 0 Å². The maximum absolute atomic E-state index is 6.42. The highest BCUT2D eigenvalue weighted by molar-refractivity contribution is 5.19. The highest BCUT2D eigenvalue weighted by Gasteiger charge is 2.51. The molecule has 3 unspecified atom stereocenters. The average molecular weight is 446 g/mol. The van der Waals surface area contributed by atoms with E-state index in [-0.39, 0.29) is 24.4 Å². The lowest BCUT2D eigenvalue weighted by Gasteiger charge is -2.48. The van der Waals surface area contributed by atoms with E-state index in [9.17, 15) is 0 Å². The molecule has 6 heteroatoms. The van der Waals surface area contributed by atoms with Crippen LogP contribution in [0.25, 0.3) is 0 Å². The zero-order valence-electron chi connectivity index (χ0n) is 18.1. The fourth-order valence-electron chi connectivity index (χ4n) is 4.59. The summed E-state index contributed by atoms with van der Waals surface area (Å²) >= 11 is 0. The molecule has 0 aliphatic carbocycles. The molecule has 3 saturated heterocycles. The number of hydrogen-bond acceptors (Lipinski definition) is 6. The first-order chi connectivity index (χ1) is 16.3. The topological polar surface area (TPSA) is 55.4 Å². The van der Waals surface area contributed by atoms with Crippen molar-refractivity contribution in [3.63, 3.8) is 0 Å². The second-order valence-corrected chi connectivity index (χ2v) is 8.44. The predicted molar refractivity (Wildman–Crippen MR) is 119 cm³/mol. The summed E-state index contributed by atoms with van der Waals surface area (Å²) in [5.41, 5.74) is 2.85. The molecule has 6 nitrogen and oxygen atoms in total. The molecule has 0 N–H and O–H groups in total. The third kappa shape index (κ3) is 4.34. The normalized spacial score (nSPS) is 34.0. The Hall–Kier alpha value is -2.58. The van der Waals surface area contributed by atoms with Crippen molar-refractivity contribution >= 4 is 0 Å². The second-order valence-electron chi connectivity index (χ2n) is 8.44. The largest absolute Gasteiger partial charge is 0.346 e. The Labute approximate surface area is 192 Å². The minimum atomic E-state index is -0.530. The van der Waals surface area contributed by atoms with E-state index >= 15 is 0 Å². The molecule has 4 bridgehead atoms. The van der Waals surface area contributed by atoms with E-state index in [1.807, 2.05) is 91.0 Å². The van der Waals surface area contributed by atoms with E-state index < -0.39 is 18.9 Å². The van der Waals surface area contributed by atoms with E-state index in [1.54, 1.807) is 0 Å². The number of ether oxygens (including phenoxy) is 6. The molecule has 3 aliphatic heterocycles. The average Bonchev–Trinajstić information content (AvgIpc) is 2.92. The lowest BCUT2D eigenvalue weighted by molar-refractivity contribution is -0.384. The maximum atomic E-state index is 6.42. The zero-order chi connectivity index (χ0) is 22.0. The second kappa shape index (κ2) is 9.35. The van der Waals surface area contributed by atoms with Crippen molar-refractivity contribution < 1.29 is 28.4 Å². The van der Waals surface area contributed by atoms with E-state index in [1.165, 1.54) is 0 Å². The van der Waals surface area contributed by atoms with E-state index in [4.69, 9.17) is 28.4 Å². The maximum Gasteiger partial charge on any atom is 0.184 e. The Bertz CT molecular complexity index is 965. The molecule has 170 valence electrons. The van der Waals surface area contributed by atoms with Crippen molar-refractivity contribution in [3.05, 3.63) is 108 Å². The summed E-state index contributed by atoms with van der Waals surface area (Å²) in [5, 5.41) is 0. The fourth-order valence-corrected chi connectivity index (χ4v) is 4.59. The van der Waals surface area contributed by atoms with Crippen molar-refractivity contribution in [2.24, 2.45) is 0 Å². The van der Waals surface area contributed by atoms with Gasteiger partial charge in [-0.05, 0) is 0 Å². The molecule has 3 aliphatic rings. The molecule has 3 heterocycles.